The second-order valence-corrected chi connectivity index (χ2v) is 8.96. The second-order valence-electron chi connectivity index (χ2n) is 8.96. The molecule has 0 aromatic heterocycles. The van der Waals surface area contributed by atoms with Crippen molar-refractivity contribution < 1.29 is 24.9 Å². The van der Waals surface area contributed by atoms with Crippen LogP contribution in [-0.2, 0) is 9.59 Å². The zero-order chi connectivity index (χ0) is 22.4. The number of aliphatic hydroxyl groups is 3. The van der Waals surface area contributed by atoms with E-state index in [9.17, 15) is 19.8 Å². The van der Waals surface area contributed by atoms with Crippen LogP contribution in [0, 0.1) is 11.8 Å². The lowest BCUT2D eigenvalue weighted by Crippen LogP contribution is -2.24. The van der Waals surface area contributed by atoms with Crippen LogP contribution < -0.4 is 0 Å². The smallest absolute Gasteiger partial charge is 0.158 e. The summed E-state index contributed by atoms with van der Waals surface area (Å²) in [5.41, 5.74) is -0.931. The summed E-state index contributed by atoms with van der Waals surface area (Å²) < 4.78 is 0. The van der Waals surface area contributed by atoms with Crippen molar-refractivity contribution in [3.8, 4) is 0 Å². The molecule has 1 aliphatic carbocycles. The Morgan fingerprint density at radius 3 is 2.63 bits per heavy atom. The summed E-state index contributed by atoms with van der Waals surface area (Å²) in [6.07, 6.45) is 15.6. The number of Topliss-reactive ketones (excluding diaryl/α,β-unsaturated/α-hetero) is 2. The average molecular weight is 423 g/mol. The highest BCUT2D eigenvalue weighted by atomic mass is 16.3. The maximum absolute atomic E-state index is 12.3. The van der Waals surface area contributed by atoms with Gasteiger partial charge in [-0.2, -0.15) is 0 Å². The molecule has 0 heterocycles. The molecule has 4 atom stereocenters. The van der Waals surface area contributed by atoms with Gasteiger partial charge >= 0.3 is 0 Å². The van der Waals surface area contributed by atoms with Gasteiger partial charge in [-0.25, -0.2) is 0 Å². The molecule has 2 unspecified atom stereocenters. The van der Waals surface area contributed by atoms with Crippen LogP contribution in [-0.4, -0.2) is 45.2 Å². The number of allylic oxidation sites excluding steroid dienone is 1. The van der Waals surface area contributed by atoms with Gasteiger partial charge in [-0.05, 0) is 51.4 Å². The first-order valence-electron chi connectivity index (χ1n) is 11.7. The molecule has 1 saturated carbocycles. The molecule has 1 fully saturated rings. The summed E-state index contributed by atoms with van der Waals surface area (Å²) in [7, 11) is 0. The minimum Gasteiger partial charge on any atom is -0.393 e. The van der Waals surface area contributed by atoms with E-state index in [2.05, 4.69) is 12.7 Å². The molecule has 0 amide bonds. The van der Waals surface area contributed by atoms with Crippen molar-refractivity contribution >= 4 is 11.6 Å². The van der Waals surface area contributed by atoms with E-state index < -0.39 is 5.60 Å². The van der Waals surface area contributed by atoms with Crippen LogP contribution in [0.5, 0.6) is 0 Å². The Kier molecular flexibility index (Phi) is 13.1. The molecule has 5 heteroatoms. The van der Waals surface area contributed by atoms with Gasteiger partial charge in [-0.15, -0.1) is 6.58 Å². The fourth-order valence-corrected chi connectivity index (χ4v) is 4.26. The zero-order valence-electron chi connectivity index (χ0n) is 18.7. The fraction of sp³-hybridized carbons (Fsp3) is 0.760. The van der Waals surface area contributed by atoms with E-state index in [1.54, 1.807) is 13.0 Å². The molecule has 5 nitrogen and oxygen atoms in total. The molecule has 1 rings (SSSR count). The van der Waals surface area contributed by atoms with Crippen LogP contribution in [0.25, 0.3) is 0 Å². The van der Waals surface area contributed by atoms with Crippen LogP contribution in [0.15, 0.2) is 24.8 Å². The van der Waals surface area contributed by atoms with Crippen LogP contribution in [0.4, 0.5) is 0 Å². The molecule has 0 aromatic rings. The molecular formula is C25H42O5. The van der Waals surface area contributed by atoms with Crippen molar-refractivity contribution in [1.82, 2.24) is 0 Å². The van der Waals surface area contributed by atoms with E-state index >= 15 is 0 Å². The zero-order valence-corrected chi connectivity index (χ0v) is 18.7. The number of carbonyl (C=O) groups excluding carboxylic acids is 2. The van der Waals surface area contributed by atoms with E-state index in [1.807, 2.05) is 6.08 Å². The first-order valence-corrected chi connectivity index (χ1v) is 11.7. The van der Waals surface area contributed by atoms with E-state index in [-0.39, 0.29) is 30.3 Å². The van der Waals surface area contributed by atoms with Gasteiger partial charge in [0.15, 0.2) is 5.78 Å². The lowest BCUT2D eigenvalue weighted by atomic mass is 9.87. The molecule has 30 heavy (non-hydrogen) atoms. The molecule has 0 aliphatic heterocycles. The second kappa shape index (κ2) is 14.7. The van der Waals surface area contributed by atoms with Gasteiger partial charge in [0, 0.05) is 18.8 Å². The van der Waals surface area contributed by atoms with Crippen molar-refractivity contribution in [3.05, 3.63) is 24.8 Å². The monoisotopic (exact) mass is 422 g/mol. The number of rotatable bonds is 17. The van der Waals surface area contributed by atoms with Crippen molar-refractivity contribution in [3.63, 3.8) is 0 Å². The summed E-state index contributed by atoms with van der Waals surface area (Å²) in [6.45, 7) is 5.19. The van der Waals surface area contributed by atoms with Crippen molar-refractivity contribution in [2.45, 2.75) is 102 Å². The molecule has 172 valence electrons. The van der Waals surface area contributed by atoms with Gasteiger partial charge in [0.1, 0.15) is 12.4 Å². The number of aliphatic hydroxyl groups excluding tert-OH is 2. The van der Waals surface area contributed by atoms with Crippen LogP contribution in [0.1, 0.15) is 90.4 Å². The maximum atomic E-state index is 12.3. The number of carbonyl (C=O) groups is 2. The van der Waals surface area contributed by atoms with E-state index in [1.165, 1.54) is 0 Å². The molecule has 0 spiro atoms. The summed E-state index contributed by atoms with van der Waals surface area (Å²) in [5.74, 6) is 0.562. The van der Waals surface area contributed by atoms with Crippen LogP contribution >= 0.6 is 0 Å². The largest absolute Gasteiger partial charge is 0.393 e. The van der Waals surface area contributed by atoms with Gasteiger partial charge in [-0.1, -0.05) is 50.3 Å². The first-order chi connectivity index (χ1) is 14.3. The Hall–Kier alpha value is -1.30. The summed E-state index contributed by atoms with van der Waals surface area (Å²) in [6, 6.07) is 0. The van der Waals surface area contributed by atoms with Gasteiger partial charge in [0.05, 0.1) is 11.7 Å². The molecule has 0 aromatic carbocycles. The standard InChI is InChI=1S/C25H42O5/c1-3-25(30,17-9-8-11-20(2)27)18-10-12-21-15-16-24(29)23(21)14-7-5-4-6-13-22(28)19-26/h3,10,12,20-21,23,26-27,30H,1,4-9,11,13-19H2,2H3/t20?,21-,23+,25?/m0/s1. The number of ketones is 2. The maximum Gasteiger partial charge on any atom is 0.158 e. The van der Waals surface area contributed by atoms with Crippen LogP contribution in [0.2, 0.25) is 0 Å². The van der Waals surface area contributed by atoms with E-state index in [4.69, 9.17) is 5.11 Å². The van der Waals surface area contributed by atoms with Gasteiger partial charge in [0.2, 0.25) is 0 Å². The lowest BCUT2D eigenvalue weighted by Gasteiger charge is -2.23. The van der Waals surface area contributed by atoms with E-state index in [0.29, 0.717) is 31.5 Å². The minimum atomic E-state index is -0.931. The minimum absolute atomic E-state index is 0.0724. The molecule has 0 saturated heterocycles. The first kappa shape index (κ1) is 26.7. The highest BCUT2D eigenvalue weighted by molar-refractivity contribution is 5.83. The van der Waals surface area contributed by atoms with E-state index in [0.717, 1.165) is 57.8 Å². The number of unbranched alkanes of at least 4 members (excludes halogenated alkanes) is 4. The Labute approximate surface area is 182 Å². The average Bonchev–Trinajstić information content (AvgIpc) is 3.07. The number of hydrogen-bond donors (Lipinski definition) is 3. The summed E-state index contributed by atoms with van der Waals surface area (Å²) in [5, 5.41) is 28.8. The predicted molar refractivity (Wildman–Crippen MR) is 120 cm³/mol. The predicted octanol–water partition coefficient (Wildman–Crippen LogP) is 4.29. The summed E-state index contributed by atoms with van der Waals surface area (Å²) in [4.78, 5) is 23.4. The van der Waals surface area contributed by atoms with Crippen molar-refractivity contribution in [2.24, 2.45) is 11.8 Å². The van der Waals surface area contributed by atoms with Crippen LogP contribution in [0.3, 0.4) is 0 Å². The van der Waals surface area contributed by atoms with Gasteiger partial charge in [0.25, 0.3) is 0 Å². The molecule has 0 bridgehead atoms. The van der Waals surface area contributed by atoms with Crippen molar-refractivity contribution in [1.29, 1.82) is 0 Å². The highest BCUT2D eigenvalue weighted by Crippen LogP contribution is 2.34. The number of hydrogen-bond acceptors (Lipinski definition) is 5. The SMILES string of the molecule is C=CC(O)(CC=C[C@H]1CCC(=O)[C@@H]1CCCCCCC(=O)CO)CCCCC(C)O. The lowest BCUT2D eigenvalue weighted by molar-refractivity contribution is -0.122. The quantitative estimate of drug-likeness (QED) is 0.240. The highest BCUT2D eigenvalue weighted by Gasteiger charge is 2.32. The van der Waals surface area contributed by atoms with Gasteiger partial charge < -0.3 is 15.3 Å². The Morgan fingerprint density at radius 1 is 1.23 bits per heavy atom. The molecule has 3 N–H and O–H groups in total. The molecule has 1 aliphatic rings. The summed E-state index contributed by atoms with van der Waals surface area (Å²) >= 11 is 0. The Balaban J connectivity index is 2.38. The Morgan fingerprint density at radius 2 is 1.97 bits per heavy atom. The third kappa shape index (κ3) is 10.6. The van der Waals surface area contributed by atoms with Gasteiger partial charge in [-0.3, -0.25) is 9.59 Å². The molecular weight excluding hydrogens is 380 g/mol. The molecule has 0 radical (unpaired) electrons. The van der Waals surface area contributed by atoms with Crippen molar-refractivity contribution in [2.75, 3.05) is 6.61 Å². The Bertz CT molecular complexity index is 554. The normalized spacial score (nSPS) is 22.3. The third-order valence-electron chi connectivity index (χ3n) is 6.27. The third-order valence-corrected chi connectivity index (χ3v) is 6.27. The topological polar surface area (TPSA) is 94.8 Å². The fourth-order valence-electron chi connectivity index (χ4n) is 4.26.